The number of nitrogens with zero attached hydrogens (tertiary/aromatic N) is 3. The van der Waals surface area contributed by atoms with Gasteiger partial charge < -0.3 is 18.9 Å². The summed E-state index contributed by atoms with van der Waals surface area (Å²) < 4.78 is 20.8. The van der Waals surface area contributed by atoms with E-state index in [4.69, 9.17) is 14.2 Å². The molecule has 0 unspecified atom stereocenters. The van der Waals surface area contributed by atoms with Crippen LogP contribution in [0.5, 0.6) is 11.5 Å². The molecule has 9 heteroatoms. The Morgan fingerprint density at radius 3 is 1.96 bits per heavy atom. The second-order valence-electron chi connectivity index (χ2n) is 4.25. The molecular formula is C14H15N3O6. The lowest BCUT2D eigenvalue weighted by atomic mass is 10.2. The van der Waals surface area contributed by atoms with Crippen LogP contribution in [0.15, 0.2) is 18.2 Å². The van der Waals surface area contributed by atoms with Crippen LogP contribution < -0.4 is 9.47 Å². The lowest BCUT2D eigenvalue weighted by Crippen LogP contribution is -2.15. The van der Waals surface area contributed by atoms with Gasteiger partial charge in [-0.05, 0) is 0 Å². The van der Waals surface area contributed by atoms with Gasteiger partial charge in [0.1, 0.15) is 11.5 Å². The minimum atomic E-state index is -0.800. The van der Waals surface area contributed by atoms with Gasteiger partial charge in [-0.25, -0.2) is 14.3 Å². The van der Waals surface area contributed by atoms with Crippen molar-refractivity contribution >= 4 is 11.9 Å². The highest BCUT2D eigenvalue weighted by molar-refractivity contribution is 6.00. The maximum Gasteiger partial charge on any atom is 0.361 e. The summed E-state index contributed by atoms with van der Waals surface area (Å²) in [5.74, 6) is -0.626. The van der Waals surface area contributed by atoms with Crippen molar-refractivity contribution < 1.29 is 28.5 Å². The number of carbonyl (C=O) groups excluding carboxylic acids is 2. The molecule has 1 heterocycles. The summed E-state index contributed by atoms with van der Waals surface area (Å²) in [6.45, 7) is 0. The Bertz CT molecular complexity index is 718. The molecule has 1 aromatic heterocycles. The van der Waals surface area contributed by atoms with E-state index in [1.807, 2.05) is 0 Å². The zero-order chi connectivity index (χ0) is 17.0. The third kappa shape index (κ3) is 3.07. The topological polar surface area (TPSA) is 102 Å². The molecule has 0 amide bonds. The molecule has 1 aromatic carbocycles. The Balaban J connectivity index is 2.66. The normalized spacial score (nSPS) is 10.1. The molecule has 0 saturated heterocycles. The third-order valence-electron chi connectivity index (χ3n) is 3.01. The molecule has 0 radical (unpaired) electrons. The molecule has 0 saturated carbocycles. The maximum absolute atomic E-state index is 12.0. The van der Waals surface area contributed by atoms with E-state index in [0.717, 1.165) is 4.68 Å². The van der Waals surface area contributed by atoms with Gasteiger partial charge in [0.15, 0.2) is 5.69 Å². The first kappa shape index (κ1) is 16.3. The Hall–Kier alpha value is -3.10. The molecule has 0 bridgehead atoms. The molecule has 0 aliphatic heterocycles. The minimum Gasteiger partial charge on any atom is -0.497 e. The monoisotopic (exact) mass is 321 g/mol. The van der Waals surface area contributed by atoms with Crippen LogP contribution in [0.4, 0.5) is 0 Å². The first-order valence-corrected chi connectivity index (χ1v) is 6.41. The number of benzene rings is 1. The summed E-state index contributed by atoms with van der Waals surface area (Å²) in [4.78, 5) is 23.8. The van der Waals surface area contributed by atoms with E-state index >= 15 is 0 Å². The second kappa shape index (κ2) is 6.77. The first-order valence-electron chi connectivity index (χ1n) is 6.41. The lowest BCUT2D eigenvalue weighted by molar-refractivity contribution is 0.0546. The Morgan fingerprint density at radius 2 is 1.48 bits per heavy atom. The van der Waals surface area contributed by atoms with Crippen LogP contribution in [-0.4, -0.2) is 55.4 Å². The molecular weight excluding hydrogens is 306 g/mol. The van der Waals surface area contributed by atoms with Gasteiger partial charge in [0.05, 0.1) is 34.1 Å². The fraction of sp³-hybridized carbons (Fsp3) is 0.286. The van der Waals surface area contributed by atoms with Gasteiger partial charge in [-0.1, -0.05) is 5.21 Å². The first-order chi connectivity index (χ1) is 11.0. The van der Waals surface area contributed by atoms with Crippen molar-refractivity contribution in [1.82, 2.24) is 15.0 Å². The highest BCUT2D eigenvalue weighted by atomic mass is 16.5. The Kier molecular flexibility index (Phi) is 4.79. The van der Waals surface area contributed by atoms with Crippen molar-refractivity contribution in [3.05, 3.63) is 29.6 Å². The van der Waals surface area contributed by atoms with Gasteiger partial charge in [0.25, 0.3) is 0 Å². The van der Waals surface area contributed by atoms with E-state index in [1.165, 1.54) is 28.4 Å². The number of ether oxygens (including phenoxy) is 4. The quantitative estimate of drug-likeness (QED) is 0.747. The third-order valence-corrected chi connectivity index (χ3v) is 3.01. The molecule has 23 heavy (non-hydrogen) atoms. The van der Waals surface area contributed by atoms with Crippen molar-refractivity contribution in [2.24, 2.45) is 0 Å². The lowest BCUT2D eigenvalue weighted by Gasteiger charge is -2.10. The minimum absolute atomic E-state index is 0.158. The molecule has 0 fully saturated rings. The van der Waals surface area contributed by atoms with E-state index < -0.39 is 11.9 Å². The number of esters is 2. The molecule has 2 aromatic rings. The standard InChI is InChI=1S/C14H15N3O6/c1-20-9-5-8(6-10(7-9)21-2)17-12(14(19)23-4)11(15-16-17)13(18)22-3/h5-7H,1-4H3. The summed E-state index contributed by atoms with van der Waals surface area (Å²) in [6, 6.07) is 4.86. The van der Waals surface area contributed by atoms with Crippen LogP contribution in [0.2, 0.25) is 0 Å². The van der Waals surface area contributed by atoms with Crippen LogP contribution in [0.1, 0.15) is 21.0 Å². The van der Waals surface area contributed by atoms with E-state index in [0.29, 0.717) is 17.2 Å². The van der Waals surface area contributed by atoms with Crippen molar-refractivity contribution in [3.8, 4) is 17.2 Å². The Morgan fingerprint density at radius 1 is 0.913 bits per heavy atom. The molecule has 0 aliphatic carbocycles. The Labute approximate surface area is 131 Å². The highest BCUT2D eigenvalue weighted by Crippen LogP contribution is 2.26. The number of aromatic nitrogens is 3. The van der Waals surface area contributed by atoms with Crippen LogP contribution in [-0.2, 0) is 9.47 Å². The SMILES string of the molecule is COC(=O)c1nnn(-c2cc(OC)cc(OC)c2)c1C(=O)OC. The van der Waals surface area contributed by atoms with Crippen LogP contribution in [0.25, 0.3) is 5.69 Å². The predicted octanol–water partition coefficient (Wildman–Crippen LogP) is 0.858. The van der Waals surface area contributed by atoms with Crippen molar-refractivity contribution in [2.75, 3.05) is 28.4 Å². The van der Waals surface area contributed by atoms with Crippen LogP contribution in [0, 0.1) is 0 Å². The second-order valence-corrected chi connectivity index (χ2v) is 4.25. The zero-order valence-corrected chi connectivity index (χ0v) is 13.0. The van der Waals surface area contributed by atoms with E-state index in [2.05, 4.69) is 15.0 Å². The molecule has 2 rings (SSSR count). The average molecular weight is 321 g/mol. The van der Waals surface area contributed by atoms with E-state index in [1.54, 1.807) is 18.2 Å². The largest absolute Gasteiger partial charge is 0.497 e. The van der Waals surface area contributed by atoms with E-state index in [9.17, 15) is 9.59 Å². The average Bonchev–Trinajstić information content (AvgIpc) is 3.04. The number of carbonyl (C=O) groups is 2. The molecule has 122 valence electrons. The number of hydrogen-bond donors (Lipinski definition) is 0. The van der Waals surface area contributed by atoms with Crippen molar-refractivity contribution in [2.45, 2.75) is 0 Å². The van der Waals surface area contributed by atoms with Gasteiger partial charge in [-0.2, -0.15) is 0 Å². The number of hydrogen-bond acceptors (Lipinski definition) is 8. The molecule has 0 N–H and O–H groups in total. The van der Waals surface area contributed by atoms with E-state index in [-0.39, 0.29) is 11.4 Å². The van der Waals surface area contributed by atoms with Crippen molar-refractivity contribution in [3.63, 3.8) is 0 Å². The molecule has 9 nitrogen and oxygen atoms in total. The number of methoxy groups -OCH3 is 4. The summed E-state index contributed by atoms with van der Waals surface area (Å²) in [7, 11) is 5.34. The van der Waals surface area contributed by atoms with Crippen LogP contribution >= 0.6 is 0 Å². The summed E-state index contributed by atoms with van der Waals surface area (Å²) in [5, 5.41) is 7.53. The summed E-state index contributed by atoms with van der Waals surface area (Å²) in [6.07, 6.45) is 0. The number of rotatable bonds is 5. The summed E-state index contributed by atoms with van der Waals surface area (Å²) in [5.41, 5.74) is 0.0000425. The molecule has 0 spiro atoms. The predicted molar refractivity (Wildman–Crippen MR) is 77.1 cm³/mol. The van der Waals surface area contributed by atoms with Gasteiger partial charge >= 0.3 is 11.9 Å². The molecule has 0 atom stereocenters. The zero-order valence-electron chi connectivity index (χ0n) is 13.0. The smallest absolute Gasteiger partial charge is 0.361 e. The van der Waals surface area contributed by atoms with Gasteiger partial charge in [-0.3, -0.25) is 0 Å². The maximum atomic E-state index is 12.0. The molecule has 0 aliphatic rings. The fourth-order valence-electron chi connectivity index (χ4n) is 1.89. The van der Waals surface area contributed by atoms with Gasteiger partial charge in [0.2, 0.25) is 5.69 Å². The highest BCUT2D eigenvalue weighted by Gasteiger charge is 2.28. The van der Waals surface area contributed by atoms with Crippen LogP contribution in [0.3, 0.4) is 0 Å². The van der Waals surface area contributed by atoms with Crippen molar-refractivity contribution in [1.29, 1.82) is 0 Å². The summed E-state index contributed by atoms with van der Waals surface area (Å²) >= 11 is 0. The van der Waals surface area contributed by atoms with Gasteiger partial charge in [0, 0.05) is 18.2 Å². The fourth-order valence-corrected chi connectivity index (χ4v) is 1.89. The van der Waals surface area contributed by atoms with Gasteiger partial charge in [-0.15, -0.1) is 5.10 Å².